The zero-order valence-corrected chi connectivity index (χ0v) is 8.80. The fourth-order valence-electron chi connectivity index (χ4n) is 1.56. The van der Waals surface area contributed by atoms with Gasteiger partial charge >= 0.3 is 0 Å². The Bertz CT molecular complexity index is 257. The summed E-state index contributed by atoms with van der Waals surface area (Å²) in [6, 6.07) is 2.89. The molecule has 1 atom stereocenters. The molecule has 1 unspecified atom stereocenters. The highest BCUT2D eigenvalue weighted by molar-refractivity contribution is 8.01. The number of rotatable bonds is 2. The van der Waals surface area contributed by atoms with Crippen LogP contribution in [0.5, 0.6) is 0 Å². The maximum atomic E-state index is 3.52. The van der Waals surface area contributed by atoms with Crippen molar-refractivity contribution in [3.63, 3.8) is 0 Å². The quantitative estimate of drug-likeness (QED) is 0.786. The molecule has 1 N–H and O–H groups in total. The van der Waals surface area contributed by atoms with Crippen LogP contribution in [-0.4, -0.2) is 12.3 Å². The monoisotopic (exact) mass is 199 g/mol. The average Bonchev–Trinajstić information content (AvgIpc) is 2.53. The Hall–Kier alpha value is 0.0100. The van der Waals surface area contributed by atoms with Crippen LogP contribution < -0.4 is 5.32 Å². The summed E-state index contributed by atoms with van der Waals surface area (Å²) in [6.07, 6.45) is 1.28. The molecule has 12 heavy (non-hydrogen) atoms. The van der Waals surface area contributed by atoms with Gasteiger partial charge in [0.2, 0.25) is 0 Å². The predicted molar refractivity (Wildman–Crippen MR) is 56.1 cm³/mol. The van der Waals surface area contributed by atoms with E-state index in [2.05, 4.69) is 23.7 Å². The first-order chi connectivity index (χ1) is 5.92. The van der Waals surface area contributed by atoms with Crippen molar-refractivity contribution in [2.24, 2.45) is 0 Å². The normalized spacial score (nSPS) is 22.2. The summed E-state index contributed by atoms with van der Waals surface area (Å²) in [6.45, 7) is 3.25. The third kappa shape index (κ3) is 1.53. The van der Waals surface area contributed by atoms with E-state index in [4.69, 9.17) is 0 Å². The molecule has 1 nitrogen and oxygen atoms in total. The van der Waals surface area contributed by atoms with Crippen molar-refractivity contribution in [3.8, 4) is 0 Å². The Morgan fingerprint density at radius 2 is 2.58 bits per heavy atom. The summed E-state index contributed by atoms with van der Waals surface area (Å²) in [7, 11) is 0. The molecule has 2 heterocycles. The van der Waals surface area contributed by atoms with Crippen LogP contribution in [0.3, 0.4) is 0 Å². The van der Waals surface area contributed by atoms with E-state index in [0.717, 1.165) is 6.54 Å². The summed E-state index contributed by atoms with van der Waals surface area (Å²) >= 11 is 3.88. The molecule has 1 aromatic heterocycles. The van der Waals surface area contributed by atoms with E-state index < -0.39 is 0 Å². The Morgan fingerprint density at radius 3 is 3.42 bits per heavy atom. The number of nitrogens with one attached hydrogen (secondary N) is 1. The van der Waals surface area contributed by atoms with Gasteiger partial charge in [-0.1, -0.05) is 6.92 Å². The first kappa shape index (κ1) is 8.60. The van der Waals surface area contributed by atoms with Gasteiger partial charge in [0.15, 0.2) is 0 Å². The zero-order chi connectivity index (χ0) is 8.39. The van der Waals surface area contributed by atoms with Gasteiger partial charge in [0.05, 0.1) is 4.21 Å². The lowest BCUT2D eigenvalue weighted by Gasteiger charge is -2.22. The molecule has 0 aliphatic carbocycles. The van der Waals surface area contributed by atoms with Gasteiger partial charge in [-0.05, 0) is 30.0 Å². The largest absolute Gasteiger partial charge is 0.310 e. The lowest BCUT2D eigenvalue weighted by Crippen LogP contribution is -2.23. The van der Waals surface area contributed by atoms with E-state index in [1.54, 1.807) is 0 Å². The number of hydrogen-bond donors (Lipinski definition) is 1. The highest BCUT2D eigenvalue weighted by atomic mass is 32.2. The van der Waals surface area contributed by atoms with Gasteiger partial charge in [0.25, 0.3) is 0 Å². The van der Waals surface area contributed by atoms with Crippen molar-refractivity contribution in [2.45, 2.75) is 23.6 Å². The Morgan fingerprint density at radius 1 is 1.67 bits per heavy atom. The molecular formula is C9H13NS2. The lowest BCUT2D eigenvalue weighted by atomic mass is 10.1. The van der Waals surface area contributed by atoms with E-state index in [1.165, 1.54) is 21.9 Å². The summed E-state index contributed by atoms with van der Waals surface area (Å²) < 4.78 is 1.52. The van der Waals surface area contributed by atoms with Crippen LogP contribution in [0.25, 0.3) is 0 Å². The Balaban J connectivity index is 2.19. The van der Waals surface area contributed by atoms with E-state index in [1.807, 2.05) is 23.1 Å². The number of thiophene rings is 1. The van der Waals surface area contributed by atoms with Gasteiger partial charge in [-0.2, -0.15) is 0 Å². The second-order valence-corrected chi connectivity index (χ2v) is 5.19. The molecule has 0 bridgehead atoms. The maximum Gasteiger partial charge on any atom is 0.0646 e. The van der Waals surface area contributed by atoms with Crippen molar-refractivity contribution in [3.05, 3.63) is 17.0 Å². The molecule has 1 aliphatic rings. The van der Waals surface area contributed by atoms with Crippen molar-refractivity contribution in [2.75, 3.05) is 12.3 Å². The second kappa shape index (κ2) is 3.81. The van der Waals surface area contributed by atoms with Gasteiger partial charge < -0.3 is 5.32 Å². The highest BCUT2D eigenvalue weighted by Gasteiger charge is 2.20. The summed E-state index contributed by atoms with van der Waals surface area (Å²) in [5, 5.41) is 5.72. The standard InChI is InChI=1S/C9H13NS2/c1-2-10-8-4-6-12-9-7(8)3-5-11-9/h3,5,8,10H,2,4,6H2,1H3. The van der Waals surface area contributed by atoms with Gasteiger partial charge in [-0.3, -0.25) is 0 Å². The maximum absolute atomic E-state index is 3.52. The van der Waals surface area contributed by atoms with Gasteiger partial charge in [-0.25, -0.2) is 0 Å². The summed E-state index contributed by atoms with van der Waals surface area (Å²) in [5.41, 5.74) is 1.53. The third-order valence-electron chi connectivity index (χ3n) is 2.12. The molecule has 0 amide bonds. The first-order valence-electron chi connectivity index (χ1n) is 4.35. The zero-order valence-electron chi connectivity index (χ0n) is 7.17. The number of thioether (sulfide) groups is 1. The van der Waals surface area contributed by atoms with Gasteiger partial charge in [-0.15, -0.1) is 23.1 Å². The van der Waals surface area contributed by atoms with Crippen LogP contribution in [0.15, 0.2) is 15.7 Å². The van der Waals surface area contributed by atoms with Crippen molar-refractivity contribution < 1.29 is 0 Å². The van der Waals surface area contributed by atoms with Crippen molar-refractivity contribution in [1.82, 2.24) is 5.32 Å². The third-order valence-corrected chi connectivity index (χ3v) is 4.43. The SMILES string of the molecule is CCNC1CCSc2sccc21. The van der Waals surface area contributed by atoms with Gasteiger partial charge in [0.1, 0.15) is 0 Å². The molecule has 1 aliphatic heterocycles. The molecule has 2 rings (SSSR count). The minimum Gasteiger partial charge on any atom is -0.310 e. The smallest absolute Gasteiger partial charge is 0.0646 e. The Labute approximate surface area is 81.6 Å². The fraction of sp³-hybridized carbons (Fsp3) is 0.556. The van der Waals surface area contributed by atoms with Crippen LogP contribution in [0.2, 0.25) is 0 Å². The molecule has 66 valence electrons. The van der Waals surface area contributed by atoms with Crippen molar-refractivity contribution in [1.29, 1.82) is 0 Å². The van der Waals surface area contributed by atoms with Crippen LogP contribution in [0.4, 0.5) is 0 Å². The molecule has 0 aromatic carbocycles. The lowest BCUT2D eigenvalue weighted by molar-refractivity contribution is 0.531. The summed E-state index contributed by atoms with van der Waals surface area (Å²) in [4.78, 5) is 0. The molecule has 1 aromatic rings. The minimum absolute atomic E-state index is 0.623. The molecule has 0 spiro atoms. The molecule has 3 heteroatoms. The van der Waals surface area contributed by atoms with Crippen LogP contribution in [-0.2, 0) is 0 Å². The van der Waals surface area contributed by atoms with E-state index in [-0.39, 0.29) is 0 Å². The Kier molecular flexibility index (Phi) is 2.73. The molecule has 0 saturated carbocycles. The molecule has 0 fully saturated rings. The van der Waals surface area contributed by atoms with Gasteiger partial charge in [0, 0.05) is 11.8 Å². The van der Waals surface area contributed by atoms with Crippen molar-refractivity contribution >= 4 is 23.1 Å². The predicted octanol–water partition coefficient (Wildman–Crippen LogP) is 2.89. The first-order valence-corrected chi connectivity index (χ1v) is 6.22. The average molecular weight is 199 g/mol. The molecule has 0 radical (unpaired) electrons. The van der Waals surface area contributed by atoms with Crippen LogP contribution in [0, 0.1) is 0 Å². The van der Waals surface area contributed by atoms with E-state index >= 15 is 0 Å². The van der Waals surface area contributed by atoms with E-state index in [0.29, 0.717) is 6.04 Å². The van der Waals surface area contributed by atoms with E-state index in [9.17, 15) is 0 Å². The second-order valence-electron chi connectivity index (χ2n) is 2.91. The summed E-state index contributed by atoms with van der Waals surface area (Å²) in [5.74, 6) is 1.27. The minimum atomic E-state index is 0.623. The molecule has 0 saturated heterocycles. The van der Waals surface area contributed by atoms with Crippen LogP contribution in [0.1, 0.15) is 24.9 Å². The number of fused-ring (bicyclic) bond motifs is 1. The highest BCUT2D eigenvalue weighted by Crippen LogP contribution is 2.39. The van der Waals surface area contributed by atoms with Crippen LogP contribution >= 0.6 is 23.1 Å². The molecular weight excluding hydrogens is 186 g/mol. The number of hydrogen-bond acceptors (Lipinski definition) is 3. The topological polar surface area (TPSA) is 12.0 Å². The fourth-order valence-corrected chi connectivity index (χ4v) is 3.85.